The molecule has 17 unspecified atom stereocenters. The number of allylic oxidation sites excluding steroid dienone is 2. The summed E-state index contributed by atoms with van der Waals surface area (Å²) in [5.74, 6) is -6.56. The third-order valence-corrected chi connectivity index (χ3v) is 34.1. The summed E-state index contributed by atoms with van der Waals surface area (Å²) in [5.41, 5.74) is -7.99. The third kappa shape index (κ3) is 21.8. The maximum atomic E-state index is 16.6. The lowest BCUT2D eigenvalue weighted by Gasteiger charge is -2.71. The molecular weight excluding hydrogens is 1860 g/mol. The summed E-state index contributed by atoms with van der Waals surface area (Å²) in [5, 5.41) is 259. The van der Waals surface area contributed by atoms with E-state index in [-0.39, 0.29) is 75.0 Å². The van der Waals surface area contributed by atoms with Crippen LogP contribution < -0.4 is 0 Å². The average Bonchev–Trinajstić information content (AvgIpc) is 0.743. The quantitative estimate of drug-likeness (QED) is 0.00928. The van der Waals surface area contributed by atoms with Crippen LogP contribution in [0.25, 0.3) is 0 Å². The molecule has 804 valence electrons. The number of ether oxygens (including phenoxy) is 18. The summed E-state index contributed by atoms with van der Waals surface area (Å²) in [6.45, 7) is 19.4. The standard InChI is InChI=1S/C94H152O46/c1-14-37(3)39(5)24-42(99)26-55(104)128-48(38(4)15-2)25-43(100)27-56(105)132-69-40(6)127-84(75(65(69)114)138-83-68(117)73(136-81-63(112)60(109)58(107)49(30-95)129-81)70(41(7)126-83)133-80-67(116)71(47(102)33-124-80)134-86-77(118)93(122,35-98)36-125-86)140-87(121)94-23-22-88(8,9)28-45(94)44-16-17-52-89(10)20-19-54(90(11,34-97)51(89)18-21-91(52,12)92(44,13)29-53(94)103)131-85-76(139-82-64(113)61(110)59(108)50(31-96)130-82)72(66(115)74(137-85)78(119)120)135-79-62(111)57(106)46(101)32-123-79/h16,34,37-43,45-54,57-77,79-86,95-96,98-103,106-118,122H,14-15,17-33,35-36H2,1-13H3,(H,119,120)/t37-,38-,39-,40?,41?,42-,43-,45?,46+,47?,48-,49?,50?,51?,52?,53+,54-,57-,58+,59-,60-,61-,62?,63?,64?,65?,66+,67-,68?,69+,70-,71-,72-,73+,74?,75+,76?,77+,79-,80?,81-,82-,83-,84-,85+,86-,89-,90-,91+,92+,93?,94+/m0/s1. The van der Waals surface area contributed by atoms with Gasteiger partial charge in [-0.2, -0.15) is 0 Å². The molecule has 8 heterocycles. The number of aliphatic carboxylic acids is 1. The average molecular weight is 2020 g/mol. The molecule has 0 aromatic carbocycles. The van der Waals surface area contributed by atoms with Crippen molar-refractivity contribution in [3.63, 3.8) is 0 Å². The summed E-state index contributed by atoms with van der Waals surface area (Å²) in [6.07, 6.45) is -70.6. The van der Waals surface area contributed by atoms with Gasteiger partial charge in [0.15, 0.2) is 62.3 Å². The molecular formula is C94H152O46. The maximum Gasteiger partial charge on any atom is 0.335 e. The molecule has 13 aliphatic rings. The molecule has 5 aliphatic carbocycles. The van der Waals surface area contributed by atoms with Crippen molar-refractivity contribution >= 4 is 30.2 Å². The largest absolute Gasteiger partial charge is 0.479 e. The highest BCUT2D eigenvalue weighted by molar-refractivity contribution is 5.80. The molecule has 12 fully saturated rings. The van der Waals surface area contributed by atoms with Crippen molar-refractivity contribution in [3.8, 4) is 0 Å². The Morgan fingerprint density at radius 1 is 0.493 bits per heavy atom. The van der Waals surface area contributed by atoms with Gasteiger partial charge in [-0.25, -0.2) is 4.79 Å². The summed E-state index contributed by atoms with van der Waals surface area (Å²) < 4.78 is 110. The molecule has 8 aliphatic heterocycles. The van der Waals surface area contributed by atoms with Gasteiger partial charge in [0.1, 0.15) is 158 Å². The fourth-order valence-electron chi connectivity index (χ4n) is 24.6. The van der Waals surface area contributed by atoms with Gasteiger partial charge in [0.2, 0.25) is 6.29 Å². The first kappa shape index (κ1) is 113. The first-order chi connectivity index (χ1) is 65.7. The van der Waals surface area contributed by atoms with Crippen LogP contribution in [0, 0.1) is 68.0 Å². The number of hydrogen-bond acceptors (Lipinski definition) is 45. The number of rotatable bonds is 35. The summed E-state index contributed by atoms with van der Waals surface area (Å²) in [6, 6.07) is 0. The molecule has 8 saturated heterocycles. The lowest BCUT2D eigenvalue weighted by molar-refractivity contribution is -0.396. The van der Waals surface area contributed by atoms with Gasteiger partial charge in [-0.15, -0.1) is 0 Å². The molecule has 0 radical (unpaired) electrons. The molecule has 13 rings (SSSR count). The lowest BCUT2D eigenvalue weighted by Crippen LogP contribution is -2.69. The van der Waals surface area contributed by atoms with Gasteiger partial charge in [-0.05, 0) is 135 Å². The van der Waals surface area contributed by atoms with E-state index in [1.54, 1.807) is 13.8 Å². The molecule has 0 bridgehead atoms. The number of carbonyl (C=O) groups excluding carboxylic acids is 4. The Bertz CT molecular complexity index is 4150. The van der Waals surface area contributed by atoms with E-state index in [1.165, 1.54) is 13.8 Å². The smallest absolute Gasteiger partial charge is 0.335 e. The van der Waals surface area contributed by atoms with Crippen molar-refractivity contribution in [1.29, 1.82) is 0 Å². The summed E-state index contributed by atoms with van der Waals surface area (Å²) >= 11 is 0. The zero-order valence-electron chi connectivity index (χ0n) is 81.2. The fourth-order valence-corrected chi connectivity index (χ4v) is 24.6. The second-order valence-electron chi connectivity index (χ2n) is 43.5. The summed E-state index contributed by atoms with van der Waals surface area (Å²) in [7, 11) is 0. The number of hydrogen-bond donors (Lipinski definition) is 23. The molecule has 0 aromatic rings. The van der Waals surface area contributed by atoms with E-state index >= 15 is 4.79 Å². The van der Waals surface area contributed by atoms with E-state index in [1.807, 2.05) is 48.5 Å². The van der Waals surface area contributed by atoms with Crippen LogP contribution in [0.3, 0.4) is 0 Å². The number of fused-ring (bicyclic) bond motifs is 7. The molecule has 0 aromatic heterocycles. The monoisotopic (exact) mass is 2020 g/mol. The van der Waals surface area contributed by atoms with Crippen LogP contribution >= 0.6 is 0 Å². The zero-order valence-corrected chi connectivity index (χ0v) is 81.2. The first-order valence-corrected chi connectivity index (χ1v) is 49.2. The SMILES string of the molecule is CC[C@H](C)[C@H](C[C@H](O)CC(=O)O[C@@H]1C(C)O[C@@H](OC(=O)[C@]23CCC(C)(C)CC2C2=CCC4[C@@]5(C)CC[C@H](O[C@@H]6OC(C(=O)O)[C@H](O)[C@H](O[C@@H]7OC[C@@H](O)[C@H](O)C7O)C6O[C@@H]6OC(CO)[C@H](O)[C@H](O)C6O)[C@@](C)(C=O)C5CC[C@@]4(C)[C@]2(C)C[C@H]3O)[C@H](O[C@@H]2OC(C)[C@H](OC3OCC(O)[C@H](O[C@@H]4OCC(O)(CO)[C@@H]4O)[C@@H]3O)[C@H](O[C@@H]3OC(CO)[C@@H](O)[C@H](O)C3O)C2O)C1O)OC(=O)C[C@@H](O)C[C@H](C)[C@@H](C)CC. The maximum absolute atomic E-state index is 16.6. The van der Waals surface area contributed by atoms with Crippen molar-refractivity contribution < 1.29 is 227 Å². The van der Waals surface area contributed by atoms with Crippen molar-refractivity contribution in [1.82, 2.24) is 0 Å². The zero-order chi connectivity index (χ0) is 103. The van der Waals surface area contributed by atoms with Crippen LogP contribution in [0.2, 0.25) is 0 Å². The van der Waals surface area contributed by atoms with Crippen LogP contribution in [0.4, 0.5) is 0 Å². The van der Waals surface area contributed by atoms with E-state index in [0.717, 1.165) is 18.3 Å². The highest BCUT2D eigenvalue weighted by atomic mass is 16.8. The van der Waals surface area contributed by atoms with Gasteiger partial charge in [0.05, 0.1) is 94.5 Å². The molecule has 4 saturated carbocycles. The Kier molecular flexibility index (Phi) is 36.2. The molecule has 0 amide bonds. The number of aliphatic hydroxyl groups excluding tert-OH is 21. The van der Waals surface area contributed by atoms with E-state index < -0.39 is 366 Å². The Labute approximate surface area is 810 Å². The second-order valence-corrected chi connectivity index (χ2v) is 43.5. The van der Waals surface area contributed by atoms with Gasteiger partial charge < -0.3 is 208 Å². The fraction of sp³-hybridized carbons (Fsp3) is 0.926. The minimum atomic E-state index is -2.35. The van der Waals surface area contributed by atoms with E-state index in [0.29, 0.717) is 32.1 Å². The number of carbonyl (C=O) groups is 5. The van der Waals surface area contributed by atoms with Gasteiger partial charge in [0, 0.05) is 6.42 Å². The van der Waals surface area contributed by atoms with Crippen molar-refractivity contribution in [2.45, 2.75) is 438 Å². The Hall–Kier alpha value is -4.19. The highest BCUT2D eigenvalue weighted by Gasteiger charge is 2.74. The van der Waals surface area contributed by atoms with E-state index in [2.05, 4.69) is 19.9 Å². The van der Waals surface area contributed by atoms with Gasteiger partial charge in [-0.1, -0.05) is 101 Å². The number of aldehydes is 1. The van der Waals surface area contributed by atoms with Crippen LogP contribution in [0.15, 0.2) is 11.6 Å². The predicted octanol–water partition coefficient (Wildman–Crippen LogP) is -5.05. The topological polar surface area (TPSA) is 717 Å². The van der Waals surface area contributed by atoms with Crippen molar-refractivity contribution in [3.05, 3.63) is 11.6 Å². The molecule has 46 heteroatoms. The normalized spacial score (nSPS) is 48.8. The number of carboxylic acids is 1. The lowest BCUT2D eigenvalue weighted by atomic mass is 9.33. The number of aliphatic hydroxyl groups is 22. The Morgan fingerprint density at radius 3 is 1.63 bits per heavy atom. The van der Waals surface area contributed by atoms with E-state index in [9.17, 15) is 137 Å². The first-order valence-electron chi connectivity index (χ1n) is 49.2. The molecule has 52 atom stereocenters. The van der Waals surface area contributed by atoms with Crippen LogP contribution in [0.5, 0.6) is 0 Å². The minimum absolute atomic E-state index is 0.0230. The van der Waals surface area contributed by atoms with Gasteiger partial charge in [-0.3, -0.25) is 14.4 Å². The highest BCUT2D eigenvalue weighted by Crippen LogP contribution is 2.76. The summed E-state index contributed by atoms with van der Waals surface area (Å²) in [4.78, 5) is 72.2. The van der Waals surface area contributed by atoms with E-state index in [4.69, 9.17) is 85.3 Å². The minimum Gasteiger partial charge on any atom is -0.479 e. The predicted molar refractivity (Wildman–Crippen MR) is 467 cm³/mol. The van der Waals surface area contributed by atoms with Crippen LogP contribution in [-0.2, 0) is 109 Å². The Morgan fingerprint density at radius 2 is 1.03 bits per heavy atom. The third-order valence-electron chi connectivity index (χ3n) is 34.1. The van der Waals surface area contributed by atoms with Gasteiger partial charge >= 0.3 is 23.9 Å². The Balaban J connectivity index is 0.800. The van der Waals surface area contributed by atoms with Crippen LogP contribution in [-0.4, -0.2) is 439 Å². The van der Waals surface area contributed by atoms with Crippen molar-refractivity contribution in [2.75, 3.05) is 39.6 Å². The molecule has 46 nitrogen and oxygen atoms in total. The van der Waals surface area contributed by atoms with Crippen molar-refractivity contribution in [2.24, 2.45) is 68.0 Å². The second kappa shape index (κ2) is 44.9. The van der Waals surface area contributed by atoms with Gasteiger partial charge in [0.25, 0.3) is 0 Å². The molecule has 0 spiro atoms. The molecule has 140 heavy (non-hydrogen) atoms. The van der Waals surface area contributed by atoms with Crippen LogP contribution in [0.1, 0.15) is 186 Å². The number of carboxylic acid groups (broad SMARTS) is 1. The molecule has 23 N–H and O–H groups in total. The number of esters is 3.